The van der Waals surface area contributed by atoms with Crippen molar-refractivity contribution in [3.05, 3.63) is 84.5 Å². The first-order chi connectivity index (χ1) is 39.0. The first-order valence-electron chi connectivity index (χ1n) is 29.4. The molecule has 10 N–H and O–H groups in total. The molecule has 12 rings (SSSR count). The molecule has 83 heavy (non-hydrogen) atoms. The summed E-state index contributed by atoms with van der Waals surface area (Å²) in [4.78, 5) is 46.6. The van der Waals surface area contributed by atoms with Crippen LogP contribution in [0.1, 0.15) is 150 Å². The van der Waals surface area contributed by atoms with Crippen LogP contribution in [0.25, 0.3) is 44.4 Å². The smallest absolute Gasteiger partial charge is 0.167 e. The minimum Gasteiger partial charge on any atom is -0.387 e. The lowest BCUT2D eigenvalue weighted by molar-refractivity contribution is -0.0620. The predicted octanol–water partition coefficient (Wildman–Crippen LogP) is 7.28. The zero-order chi connectivity index (χ0) is 58.1. The number of aryl methyl sites for hydroxylation is 2. The first kappa shape index (κ1) is 59.9. The van der Waals surface area contributed by atoms with Gasteiger partial charge in [0.25, 0.3) is 0 Å². The van der Waals surface area contributed by atoms with Gasteiger partial charge < -0.3 is 51.3 Å². The largest absolute Gasteiger partial charge is 0.387 e. The third-order valence-corrected chi connectivity index (χ3v) is 17.8. The van der Waals surface area contributed by atoms with Crippen LogP contribution in [0.15, 0.2) is 61.7 Å². The normalized spacial score (nSPS) is 26.6. The highest BCUT2D eigenvalue weighted by molar-refractivity contribution is 5.82. The summed E-state index contributed by atoms with van der Waals surface area (Å²) < 4.78 is 15.7. The summed E-state index contributed by atoms with van der Waals surface area (Å²) in [6, 6.07) is 14.4. The molecule has 22 nitrogen and oxygen atoms in total. The molecule has 2 aromatic carbocycles. The Kier molecular flexibility index (Phi) is 17.1. The van der Waals surface area contributed by atoms with Gasteiger partial charge in [-0.15, -0.1) is 0 Å². The van der Waals surface area contributed by atoms with Crippen molar-refractivity contribution in [3.8, 4) is 0 Å². The Balaban J connectivity index is 0.000000183. The van der Waals surface area contributed by atoms with Crippen molar-refractivity contribution in [1.82, 2.24) is 68.8 Å². The number of aliphatic hydroxyl groups is 4. The number of fused-ring (bicyclic) bond motifs is 4. The van der Waals surface area contributed by atoms with Gasteiger partial charge in [-0.3, -0.25) is 18.9 Å². The lowest BCUT2D eigenvalue weighted by Crippen LogP contribution is -2.52. The number of nitrogens with one attached hydrogen (secondary N) is 2. The average molecular weight is 1140 g/mol. The number of aromatic amines is 2. The Labute approximate surface area is 485 Å². The van der Waals surface area contributed by atoms with Crippen molar-refractivity contribution in [3.63, 3.8) is 0 Å². The molecule has 8 heterocycles. The van der Waals surface area contributed by atoms with Crippen LogP contribution in [-0.2, 0) is 33.1 Å². The van der Waals surface area contributed by atoms with Gasteiger partial charge in [-0.2, -0.15) is 0 Å². The number of nitrogen functional groups attached to an aromatic ring is 2. The van der Waals surface area contributed by atoms with Crippen LogP contribution in [0.2, 0.25) is 0 Å². The molecule has 2 unspecified atom stereocenters. The van der Waals surface area contributed by atoms with Crippen LogP contribution in [0.4, 0.5) is 11.6 Å². The first-order valence-corrected chi connectivity index (χ1v) is 29.4. The van der Waals surface area contributed by atoms with Gasteiger partial charge in [0.15, 0.2) is 35.4 Å². The topological polar surface area (TPSA) is 302 Å². The van der Waals surface area contributed by atoms with E-state index in [-0.39, 0.29) is 42.0 Å². The minimum atomic E-state index is -1.11. The number of anilines is 2. The molecule has 22 heteroatoms. The summed E-state index contributed by atoms with van der Waals surface area (Å²) in [5.41, 5.74) is 20.8. The Morgan fingerprint density at radius 1 is 0.578 bits per heavy atom. The van der Waals surface area contributed by atoms with Crippen molar-refractivity contribution < 1.29 is 29.9 Å². The van der Waals surface area contributed by atoms with E-state index in [0.29, 0.717) is 59.3 Å². The number of hydrogen-bond donors (Lipinski definition) is 8. The molecule has 2 aliphatic heterocycles. The third kappa shape index (κ3) is 12.2. The summed E-state index contributed by atoms with van der Waals surface area (Å²) in [6.45, 7) is 23.1. The molecule has 8 aromatic rings. The fourth-order valence-electron chi connectivity index (χ4n) is 12.7. The van der Waals surface area contributed by atoms with Crippen LogP contribution in [0, 0.1) is 11.8 Å². The van der Waals surface area contributed by atoms with Gasteiger partial charge in [0.1, 0.15) is 72.0 Å². The van der Waals surface area contributed by atoms with Gasteiger partial charge in [-0.1, -0.05) is 61.1 Å². The maximum absolute atomic E-state index is 10.9. The third-order valence-electron chi connectivity index (χ3n) is 17.8. The summed E-state index contributed by atoms with van der Waals surface area (Å²) in [6.07, 6.45) is 7.26. The molecule has 4 fully saturated rings. The number of ether oxygens (including phenoxy) is 2. The Bertz CT molecular complexity index is 3270. The van der Waals surface area contributed by atoms with Crippen molar-refractivity contribution in [2.75, 3.05) is 24.6 Å². The zero-order valence-corrected chi connectivity index (χ0v) is 49.1. The fraction of sp³-hybridized carbons (Fsp3) is 0.607. The van der Waals surface area contributed by atoms with E-state index >= 15 is 0 Å². The number of H-pyrrole nitrogens is 2. The molecule has 2 aliphatic carbocycles. The Hall–Kier alpha value is -6.24. The van der Waals surface area contributed by atoms with Crippen molar-refractivity contribution >= 4 is 56.0 Å². The highest BCUT2D eigenvalue weighted by atomic mass is 16.6. The lowest BCUT2D eigenvalue weighted by atomic mass is 9.76. The second-order valence-corrected chi connectivity index (χ2v) is 26.2. The Morgan fingerprint density at radius 2 is 0.964 bits per heavy atom. The lowest BCUT2D eigenvalue weighted by Gasteiger charge is -2.46. The van der Waals surface area contributed by atoms with Gasteiger partial charge in [-0.25, -0.2) is 39.9 Å². The van der Waals surface area contributed by atoms with Gasteiger partial charge in [0.05, 0.1) is 34.7 Å². The molecular formula is C61H88N16O6. The number of nitrogens with zero attached hydrogens (tertiary/aromatic N) is 12. The predicted molar refractivity (Wildman–Crippen MR) is 321 cm³/mol. The van der Waals surface area contributed by atoms with Crippen molar-refractivity contribution in [1.29, 1.82) is 0 Å². The van der Waals surface area contributed by atoms with Crippen molar-refractivity contribution in [2.24, 2.45) is 11.8 Å². The Morgan fingerprint density at radius 3 is 1.33 bits per heavy atom. The molecule has 0 bridgehead atoms. The SMILES string of the molecule is C.CC(C)N(C[C@H]1O[C@@H](n2cnc3c(N)ncnc32)C(O)[C@@H]1O)C1CC(CCc2nc3ccc(C(C)(C)C)cc3[nH]2)C1.CC(C)N(C[C@H]1O[C@@H](n2cnc3c(N)ncnc32)C(O)[C@@H]1O)C1CC(CCc2nc3ccc(C(C)(C)C)cc3[nH]2)C1. The van der Waals surface area contributed by atoms with Crippen LogP contribution in [0.3, 0.4) is 0 Å². The van der Waals surface area contributed by atoms with Crippen LogP contribution in [-0.4, -0.2) is 163 Å². The number of rotatable bonds is 16. The van der Waals surface area contributed by atoms with Gasteiger partial charge in [-0.05, 0) is 124 Å². The number of hydrogen-bond acceptors (Lipinski definition) is 18. The van der Waals surface area contributed by atoms with E-state index in [1.165, 1.54) is 36.4 Å². The van der Waals surface area contributed by atoms with Gasteiger partial charge in [0.2, 0.25) is 0 Å². The molecular weight excluding hydrogens is 1050 g/mol. The standard InChI is InChI=1S/2C30H42N8O3.CH4/c2*1-16(2)37(13-22-25(39)26(40)29(41-22)38-15-34-24-27(31)32-14-33-28(24)38)19-10-17(11-19)6-9-23-35-20-8-7-18(30(3,4)5)12-21(20)36-23;/h2*7-8,12,14-17,19,22,25-26,29,39-40H,6,9-11,13H2,1-5H3,(H,35,36)(H2,31,32,33);1H4/t2*17?,19?,22-,25-,26?,29-;/m11./s1. The van der Waals surface area contributed by atoms with E-state index in [2.05, 4.69) is 155 Å². The summed E-state index contributed by atoms with van der Waals surface area (Å²) in [5, 5.41) is 43.7. The van der Waals surface area contributed by atoms with E-state index < -0.39 is 49.1 Å². The highest BCUT2D eigenvalue weighted by Crippen LogP contribution is 2.41. The van der Waals surface area contributed by atoms with E-state index in [1.807, 2.05) is 0 Å². The highest BCUT2D eigenvalue weighted by Gasteiger charge is 2.48. The second kappa shape index (κ2) is 23.7. The molecule has 4 aliphatic rings. The average Bonchev–Trinajstić information content (AvgIpc) is 3.17. The van der Waals surface area contributed by atoms with Gasteiger partial charge >= 0.3 is 0 Å². The number of aromatic nitrogens is 12. The molecule has 2 saturated carbocycles. The summed E-state index contributed by atoms with van der Waals surface area (Å²) >= 11 is 0. The molecule has 0 amide bonds. The molecule has 8 atom stereocenters. The molecule has 2 saturated heterocycles. The summed E-state index contributed by atoms with van der Waals surface area (Å²) in [7, 11) is 0. The maximum atomic E-state index is 10.9. The second-order valence-electron chi connectivity index (χ2n) is 26.2. The monoisotopic (exact) mass is 1140 g/mol. The summed E-state index contributed by atoms with van der Waals surface area (Å²) in [5.74, 6) is 3.90. The van der Waals surface area contributed by atoms with Crippen LogP contribution in [0.5, 0.6) is 0 Å². The molecule has 448 valence electrons. The van der Waals surface area contributed by atoms with Crippen LogP contribution < -0.4 is 11.5 Å². The van der Waals surface area contributed by atoms with E-state index in [0.717, 1.165) is 85.1 Å². The maximum Gasteiger partial charge on any atom is 0.167 e. The van der Waals surface area contributed by atoms with Gasteiger partial charge in [0, 0.05) is 50.1 Å². The molecule has 6 aromatic heterocycles. The quantitative estimate of drug-likeness (QED) is 0.0471. The number of benzene rings is 2. The van der Waals surface area contributed by atoms with E-state index in [9.17, 15) is 20.4 Å². The number of imidazole rings is 4. The van der Waals surface area contributed by atoms with E-state index in [1.54, 1.807) is 9.13 Å². The minimum absolute atomic E-state index is 0. The van der Waals surface area contributed by atoms with Crippen LogP contribution >= 0.6 is 0 Å². The zero-order valence-electron chi connectivity index (χ0n) is 49.1. The van der Waals surface area contributed by atoms with Crippen molar-refractivity contribution in [2.45, 2.75) is 212 Å². The molecule has 0 radical (unpaired) electrons. The molecule has 0 spiro atoms. The number of aliphatic hydroxyl groups excluding tert-OH is 4. The van der Waals surface area contributed by atoms with E-state index in [4.69, 9.17) is 30.9 Å². The number of nitrogens with two attached hydrogens (primary N) is 2. The fourth-order valence-corrected chi connectivity index (χ4v) is 12.7.